The minimum atomic E-state index is -0.212. The first-order valence-electron chi connectivity index (χ1n) is 5.24. The first-order valence-corrected chi connectivity index (χ1v) is 7.56. The Labute approximate surface area is 105 Å². The first kappa shape index (κ1) is 13.6. The van der Waals surface area contributed by atoms with Crippen LogP contribution in [0.4, 0.5) is 0 Å². The van der Waals surface area contributed by atoms with Gasteiger partial charge in [0.1, 0.15) is 10.8 Å². The predicted octanol–water partition coefficient (Wildman–Crippen LogP) is 3.83. The van der Waals surface area contributed by atoms with Crippen molar-refractivity contribution in [3.63, 3.8) is 0 Å². The van der Waals surface area contributed by atoms with Crippen LogP contribution >= 0.6 is 21.6 Å². The Morgan fingerprint density at radius 3 is 2.69 bits per heavy atom. The second-order valence-corrected chi connectivity index (χ2v) is 6.93. The van der Waals surface area contributed by atoms with Gasteiger partial charge in [-0.2, -0.15) is 0 Å². The van der Waals surface area contributed by atoms with E-state index in [0.717, 1.165) is 10.8 Å². The molecular formula is C12H17NOS2. The zero-order valence-electron chi connectivity index (χ0n) is 9.90. The molecule has 1 heterocycles. The second kappa shape index (κ2) is 6.30. The van der Waals surface area contributed by atoms with Crippen molar-refractivity contribution in [3.05, 3.63) is 24.4 Å². The first-order chi connectivity index (χ1) is 7.50. The quantitative estimate of drug-likeness (QED) is 0.591. The normalized spacial score (nSPS) is 11.4. The lowest BCUT2D eigenvalue weighted by molar-refractivity contribution is -0.125. The highest BCUT2D eigenvalue weighted by Gasteiger charge is 2.20. The van der Waals surface area contributed by atoms with Gasteiger partial charge in [0.25, 0.3) is 0 Å². The van der Waals surface area contributed by atoms with E-state index in [0.29, 0.717) is 12.2 Å². The van der Waals surface area contributed by atoms with E-state index in [2.05, 4.69) is 4.98 Å². The fourth-order valence-corrected chi connectivity index (χ4v) is 2.88. The molecule has 16 heavy (non-hydrogen) atoms. The smallest absolute Gasteiger partial charge is 0.139 e. The molecule has 2 nitrogen and oxygen atoms in total. The number of rotatable bonds is 5. The summed E-state index contributed by atoms with van der Waals surface area (Å²) in [4.78, 5) is 15.8. The van der Waals surface area contributed by atoms with E-state index in [1.165, 1.54) is 0 Å². The lowest BCUT2D eigenvalue weighted by Gasteiger charge is -2.15. The van der Waals surface area contributed by atoms with E-state index < -0.39 is 0 Å². The van der Waals surface area contributed by atoms with Gasteiger partial charge in [0.2, 0.25) is 0 Å². The molecule has 1 aromatic heterocycles. The topological polar surface area (TPSA) is 30.0 Å². The monoisotopic (exact) mass is 255 g/mol. The van der Waals surface area contributed by atoms with Gasteiger partial charge >= 0.3 is 0 Å². The lowest BCUT2D eigenvalue weighted by atomic mass is 9.89. The molecule has 0 saturated heterocycles. The average molecular weight is 255 g/mol. The van der Waals surface area contributed by atoms with Crippen LogP contribution in [0.1, 0.15) is 27.2 Å². The molecule has 0 saturated carbocycles. The van der Waals surface area contributed by atoms with E-state index in [4.69, 9.17) is 0 Å². The number of ketones is 1. The number of nitrogens with zero attached hydrogens (tertiary/aromatic N) is 1. The average Bonchev–Trinajstić information content (AvgIpc) is 2.24. The van der Waals surface area contributed by atoms with Crippen molar-refractivity contribution in [2.24, 2.45) is 5.41 Å². The zero-order valence-corrected chi connectivity index (χ0v) is 11.5. The van der Waals surface area contributed by atoms with E-state index in [1.807, 2.05) is 39.0 Å². The van der Waals surface area contributed by atoms with E-state index in [9.17, 15) is 4.79 Å². The van der Waals surface area contributed by atoms with Gasteiger partial charge in [-0.25, -0.2) is 4.98 Å². The summed E-state index contributed by atoms with van der Waals surface area (Å²) in [6.07, 6.45) is 2.41. The standard InChI is InChI=1S/C12H17NOS2/c1-12(2,3)10(14)7-9-15-16-11-6-4-5-8-13-11/h4-6,8H,7,9H2,1-3H3. The molecule has 0 radical (unpaired) electrons. The van der Waals surface area contributed by atoms with Crippen molar-refractivity contribution in [2.75, 3.05) is 5.75 Å². The maximum absolute atomic E-state index is 11.6. The number of hydrogen-bond donors (Lipinski definition) is 0. The third-order valence-corrected chi connectivity index (χ3v) is 4.30. The number of Topliss-reactive ketones (excluding diaryl/α,β-unsaturated/α-hetero) is 1. The Bertz CT molecular complexity index is 333. The third-order valence-electron chi connectivity index (χ3n) is 2.03. The van der Waals surface area contributed by atoms with Crippen LogP contribution in [0.3, 0.4) is 0 Å². The Hall–Kier alpha value is -0.480. The summed E-state index contributed by atoms with van der Waals surface area (Å²) in [7, 11) is 3.31. The van der Waals surface area contributed by atoms with Crippen molar-refractivity contribution in [3.8, 4) is 0 Å². The molecule has 0 fully saturated rings. The Morgan fingerprint density at radius 2 is 2.12 bits per heavy atom. The molecule has 1 rings (SSSR count). The number of pyridine rings is 1. The van der Waals surface area contributed by atoms with E-state index >= 15 is 0 Å². The Kier molecular flexibility index (Phi) is 5.35. The SMILES string of the molecule is CC(C)(C)C(=O)CCSSc1ccccn1. The number of carbonyl (C=O) groups is 1. The van der Waals surface area contributed by atoms with Crippen LogP contribution in [-0.4, -0.2) is 16.5 Å². The van der Waals surface area contributed by atoms with E-state index in [1.54, 1.807) is 27.8 Å². The molecule has 4 heteroatoms. The summed E-state index contributed by atoms with van der Waals surface area (Å²) < 4.78 is 0. The Balaban J connectivity index is 2.20. The van der Waals surface area contributed by atoms with Crippen LogP contribution in [0.15, 0.2) is 29.4 Å². The highest BCUT2D eigenvalue weighted by molar-refractivity contribution is 8.76. The van der Waals surface area contributed by atoms with Gasteiger partial charge in [0, 0.05) is 23.8 Å². The zero-order chi connectivity index (χ0) is 12.0. The highest BCUT2D eigenvalue weighted by Crippen LogP contribution is 2.30. The van der Waals surface area contributed by atoms with Crippen LogP contribution in [-0.2, 0) is 4.79 Å². The Morgan fingerprint density at radius 1 is 1.38 bits per heavy atom. The molecule has 0 bridgehead atoms. The third kappa shape index (κ3) is 5.03. The second-order valence-electron chi connectivity index (χ2n) is 4.50. The molecule has 0 aliphatic heterocycles. The molecule has 0 atom stereocenters. The molecule has 0 aromatic carbocycles. The molecule has 0 unspecified atom stereocenters. The van der Waals surface area contributed by atoms with Crippen molar-refractivity contribution >= 4 is 27.4 Å². The number of hydrogen-bond acceptors (Lipinski definition) is 4. The van der Waals surface area contributed by atoms with Crippen LogP contribution in [0, 0.1) is 5.41 Å². The summed E-state index contributed by atoms with van der Waals surface area (Å²) in [5.41, 5.74) is -0.212. The fourth-order valence-electron chi connectivity index (χ4n) is 1.01. The number of aromatic nitrogens is 1. The van der Waals surface area contributed by atoms with Gasteiger partial charge in [-0.1, -0.05) is 37.6 Å². The molecule has 0 aliphatic rings. The van der Waals surface area contributed by atoms with Gasteiger partial charge in [-0.3, -0.25) is 4.79 Å². The maximum atomic E-state index is 11.6. The maximum Gasteiger partial charge on any atom is 0.139 e. The van der Waals surface area contributed by atoms with Gasteiger partial charge < -0.3 is 0 Å². The number of carbonyl (C=O) groups excluding carboxylic acids is 1. The molecule has 0 amide bonds. The summed E-state index contributed by atoms with van der Waals surface area (Å²) in [5, 5.41) is 0.996. The van der Waals surface area contributed by atoms with Crippen molar-refractivity contribution < 1.29 is 4.79 Å². The van der Waals surface area contributed by atoms with Crippen LogP contribution in [0.2, 0.25) is 0 Å². The van der Waals surface area contributed by atoms with Crippen molar-refractivity contribution in [1.29, 1.82) is 0 Å². The molecule has 0 spiro atoms. The summed E-state index contributed by atoms with van der Waals surface area (Å²) in [5.74, 6) is 1.17. The predicted molar refractivity (Wildman–Crippen MR) is 71.6 cm³/mol. The van der Waals surface area contributed by atoms with Gasteiger partial charge in [-0.15, -0.1) is 0 Å². The van der Waals surface area contributed by atoms with Crippen molar-refractivity contribution in [1.82, 2.24) is 4.98 Å². The van der Waals surface area contributed by atoms with Crippen LogP contribution in [0.25, 0.3) is 0 Å². The summed E-state index contributed by atoms with van der Waals surface area (Å²) in [6, 6.07) is 5.84. The van der Waals surface area contributed by atoms with Gasteiger partial charge in [0.05, 0.1) is 0 Å². The summed E-state index contributed by atoms with van der Waals surface area (Å²) in [6.45, 7) is 5.89. The highest BCUT2D eigenvalue weighted by atomic mass is 33.1. The lowest BCUT2D eigenvalue weighted by Crippen LogP contribution is -2.20. The molecule has 1 aromatic rings. The largest absolute Gasteiger partial charge is 0.299 e. The minimum absolute atomic E-state index is 0.212. The van der Waals surface area contributed by atoms with Crippen LogP contribution in [0.5, 0.6) is 0 Å². The van der Waals surface area contributed by atoms with Crippen LogP contribution < -0.4 is 0 Å². The summed E-state index contributed by atoms with van der Waals surface area (Å²) >= 11 is 0. The molecule has 0 aliphatic carbocycles. The fraction of sp³-hybridized carbons (Fsp3) is 0.500. The van der Waals surface area contributed by atoms with Gasteiger partial charge in [-0.05, 0) is 22.9 Å². The molecular weight excluding hydrogens is 238 g/mol. The molecule has 0 N–H and O–H groups in total. The van der Waals surface area contributed by atoms with Gasteiger partial charge in [0.15, 0.2) is 0 Å². The van der Waals surface area contributed by atoms with E-state index in [-0.39, 0.29) is 5.41 Å². The minimum Gasteiger partial charge on any atom is -0.299 e. The molecule has 88 valence electrons. The van der Waals surface area contributed by atoms with Crippen molar-refractivity contribution in [2.45, 2.75) is 32.2 Å².